The van der Waals surface area contributed by atoms with Gasteiger partial charge in [0, 0.05) is 0 Å². The van der Waals surface area contributed by atoms with Gasteiger partial charge >= 0.3 is 122 Å². The van der Waals surface area contributed by atoms with E-state index in [2.05, 4.69) is 44.7 Å². The van der Waals surface area contributed by atoms with Gasteiger partial charge in [0.15, 0.2) is 0 Å². The molecule has 1 aromatic rings. The Hall–Kier alpha value is -1.23. The Morgan fingerprint density at radius 2 is 1.95 bits per heavy atom. The van der Waals surface area contributed by atoms with Gasteiger partial charge < -0.3 is 0 Å². The fourth-order valence-electron chi connectivity index (χ4n) is 1.26. The number of esters is 1. The fraction of sp³-hybridized carbons (Fsp3) is 0.438. The summed E-state index contributed by atoms with van der Waals surface area (Å²) in [6.45, 7) is 8.06. The van der Waals surface area contributed by atoms with Gasteiger partial charge in [-0.05, 0) is 0 Å². The van der Waals surface area contributed by atoms with Crippen molar-refractivity contribution in [2.45, 2.75) is 32.5 Å². The van der Waals surface area contributed by atoms with Crippen LogP contribution in [-0.4, -0.2) is 27.5 Å². The van der Waals surface area contributed by atoms with Crippen LogP contribution in [0.25, 0.3) is 0 Å². The number of ether oxygens (including phenoxy) is 1. The Kier molecular flexibility index (Phi) is 6.15. The van der Waals surface area contributed by atoms with Crippen molar-refractivity contribution in [2.75, 3.05) is 6.61 Å². The van der Waals surface area contributed by atoms with E-state index < -0.39 is 0 Å². The Balaban J connectivity index is 2.74. The van der Waals surface area contributed by atoms with Crippen molar-refractivity contribution in [2.24, 2.45) is 5.41 Å². The van der Waals surface area contributed by atoms with Crippen molar-refractivity contribution in [3.8, 4) is 11.8 Å². The molecule has 0 radical (unpaired) electrons. The summed E-state index contributed by atoms with van der Waals surface area (Å²) in [7, 11) is 0. The monoisotopic (exact) mass is 324 g/mol. The van der Waals surface area contributed by atoms with E-state index in [9.17, 15) is 4.79 Å². The summed E-state index contributed by atoms with van der Waals surface area (Å²) < 4.78 is 6.39. The van der Waals surface area contributed by atoms with Gasteiger partial charge in [-0.2, -0.15) is 0 Å². The van der Waals surface area contributed by atoms with Crippen LogP contribution in [0.2, 0.25) is 4.82 Å². The first-order valence-electron chi connectivity index (χ1n) is 6.24. The van der Waals surface area contributed by atoms with Crippen LogP contribution in [0.3, 0.4) is 0 Å². The normalized spacial score (nSPS) is 12.2. The Morgan fingerprint density at radius 1 is 1.32 bits per heavy atom. The molecular weight excluding hydrogens is 303 g/mol. The topological polar surface area (TPSA) is 26.3 Å². The van der Waals surface area contributed by atoms with Crippen LogP contribution in [0.5, 0.6) is 0 Å². The van der Waals surface area contributed by atoms with Crippen LogP contribution in [0.4, 0.5) is 0 Å². The van der Waals surface area contributed by atoms with Gasteiger partial charge in [-0.15, -0.1) is 0 Å². The average Bonchev–Trinajstić information content (AvgIpc) is 2.33. The molecule has 0 aliphatic carbocycles. The molecule has 0 saturated carbocycles. The number of rotatable bonds is 4. The van der Waals surface area contributed by atoms with E-state index in [0.717, 1.165) is 0 Å². The first-order chi connectivity index (χ1) is 8.87. The average molecular weight is 323 g/mol. The molecule has 102 valence electrons. The molecule has 3 heteroatoms. The van der Waals surface area contributed by atoms with Crippen LogP contribution in [0.1, 0.15) is 27.7 Å². The van der Waals surface area contributed by atoms with Crippen molar-refractivity contribution in [3.63, 3.8) is 0 Å². The second kappa shape index (κ2) is 7.38. The second-order valence-electron chi connectivity index (χ2n) is 5.24. The number of hydrogen-bond donors (Lipinski definition) is 0. The predicted octanol–water partition coefficient (Wildman–Crippen LogP) is 2.42. The number of benzene rings is 1. The van der Waals surface area contributed by atoms with Crippen molar-refractivity contribution in [1.82, 2.24) is 0 Å². The van der Waals surface area contributed by atoms with E-state index in [1.54, 1.807) is 0 Å². The molecule has 1 aromatic carbocycles. The van der Waals surface area contributed by atoms with Crippen molar-refractivity contribution >= 4 is 25.4 Å². The van der Waals surface area contributed by atoms with Crippen LogP contribution in [0.15, 0.2) is 30.3 Å². The predicted molar refractivity (Wildman–Crippen MR) is 79.4 cm³/mol. The summed E-state index contributed by atoms with van der Waals surface area (Å²) in [5.41, 5.74) is -0.0265. The summed E-state index contributed by atoms with van der Waals surface area (Å²) in [5.74, 6) is 6.26. The molecule has 0 fully saturated rings. The van der Waals surface area contributed by atoms with E-state index in [0.29, 0.717) is 6.61 Å². The van der Waals surface area contributed by atoms with Gasteiger partial charge in [0.2, 0.25) is 0 Å². The minimum atomic E-state index is -0.244. The molecule has 1 atom stereocenters. The summed E-state index contributed by atoms with van der Waals surface area (Å²) >= 11 is 0.189. The Bertz CT molecular complexity index is 463. The molecule has 2 nitrogen and oxygen atoms in total. The molecule has 1 unspecified atom stereocenters. The molecule has 0 aliphatic heterocycles. The summed E-state index contributed by atoms with van der Waals surface area (Å²) in [5, 5.41) is 0. The molecule has 0 spiro atoms. The third kappa shape index (κ3) is 7.72. The molecule has 0 amide bonds. The SMILES string of the molecule is CC(=O)OCC(C#CC(C)(C)C)[Se]c1ccccc1. The quantitative estimate of drug-likeness (QED) is 0.483. The van der Waals surface area contributed by atoms with E-state index in [1.807, 2.05) is 18.2 Å². The van der Waals surface area contributed by atoms with Crippen LogP contribution in [-0.2, 0) is 9.53 Å². The summed E-state index contributed by atoms with van der Waals surface area (Å²) in [4.78, 5) is 11.0. The van der Waals surface area contributed by atoms with Crippen LogP contribution < -0.4 is 4.46 Å². The first-order valence-corrected chi connectivity index (χ1v) is 8.09. The Morgan fingerprint density at radius 3 is 2.47 bits per heavy atom. The van der Waals surface area contributed by atoms with E-state index in [1.165, 1.54) is 11.4 Å². The van der Waals surface area contributed by atoms with Crippen molar-refractivity contribution in [1.29, 1.82) is 0 Å². The third-order valence-corrected chi connectivity index (χ3v) is 4.34. The van der Waals surface area contributed by atoms with Crippen molar-refractivity contribution < 1.29 is 9.53 Å². The maximum atomic E-state index is 10.9. The van der Waals surface area contributed by atoms with Gasteiger partial charge in [0.25, 0.3) is 0 Å². The molecule has 1 rings (SSSR count). The number of hydrogen-bond acceptors (Lipinski definition) is 2. The minimum absolute atomic E-state index is 0.0265. The van der Waals surface area contributed by atoms with Gasteiger partial charge in [0.1, 0.15) is 0 Å². The van der Waals surface area contributed by atoms with E-state index in [-0.39, 0.29) is 31.2 Å². The molecule has 0 N–H and O–H groups in total. The molecule has 19 heavy (non-hydrogen) atoms. The summed E-state index contributed by atoms with van der Waals surface area (Å²) in [6, 6.07) is 10.2. The molecule has 0 aliphatic rings. The van der Waals surface area contributed by atoms with Crippen LogP contribution in [0, 0.1) is 17.3 Å². The van der Waals surface area contributed by atoms with E-state index in [4.69, 9.17) is 4.74 Å². The molecule has 0 saturated heterocycles. The maximum absolute atomic E-state index is 10.9. The fourth-order valence-corrected chi connectivity index (χ4v) is 3.14. The number of carbonyl (C=O) groups excluding carboxylic acids is 1. The molecule has 0 aromatic heterocycles. The zero-order chi connectivity index (χ0) is 14.3. The van der Waals surface area contributed by atoms with Crippen molar-refractivity contribution in [3.05, 3.63) is 30.3 Å². The molecule has 0 bridgehead atoms. The molecular formula is C16H20O2Se. The van der Waals surface area contributed by atoms with Gasteiger partial charge in [0.05, 0.1) is 0 Å². The van der Waals surface area contributed by atoms with E-state index >= 15 is 0 Å². The van der Waals surface area contributed by atoms with Gasteiger partial charge in [-0.1, -0.05) is 0 Å². The van der Waals surface area contributed by atoms with Gasteiger partial charge in [-0.3, -0.25) is 0 Å². The third-order valence-electron chi connectivity index (χ3n) is 2.07. The summed E-state index contributed by atoms with van der Waals surface area (Å²) in [6.07, 6.45) is 0. The zero-order valence-corrected chi connectivity index (χ0v) is 13.6. The van der Waals surface area contributed by atoms with Gasteiger partial charge in [-0.25, -0.2) is 0 Å². The van der Waals surface area contributed by atoms with Crippen LogP contribution >= 0.6 is 0 Å². The first kappa shape index (κ1) is 15.8. The molecule has 0 heterocycles. The second-order valence-corrected chi connectivity index (χ2v) is 7.92. The standard InChI is InChI=1S/C16H20O2Se/c1-13(17)18-12-15(10-11-16(2,3)4)19-14-8-6-5-7-9-14/h5-9,15H,12H2,1-4H3. The zero-order valence-electron chi connectivity index (χ0n) is 11.9. The Labute approximate surface area is 122 Å². The number of carbonyl (C=O) groups is 1.